The third-order valence-electron chi connectivity index (χ3n) is 2.80. The highest BCUT2D eigenvalue weighted by molar-refractivity contribution is 5.71. The standard InChI is InChI=1S/C14H21NO2/c1-11(2)15(10-14(16)17-4)9-13-7-5-12(3)6-8-13/h5-8,11H,9-10H2,1-4H3. The Kier molecular flexibility index (Phi) is 5.16. The minimum Gasteiger partial charge on any atom is -0.468 e. The fraction of sp³-hybridized carbons (Fsp3) is 0.500. The Morgan fingerprint density at radius 2 is 1.88 bits per heavy atom. The molecule has 0 aliphatic heterocycles. The van der Waals surface area contributed by atoms with E-state index >= 15 is 0 Å². The first-order valence-corrected chi connectivity index (χ1v) is 5.89. The van der Waals surface area contributed by atoms with Crippen LogP contribution in [-0.2, 0) is 16.1 Å². The van der Waals surface area contributed by atoms with E-state index in [0.29, 0.717) is 12.6 Å². The Morgan fingerprint density at radius 3 is 2.35 bits per heavy atom. The van der Waals surface area contributed by atoms with E-state index in [9.17, 15) is 4.79 Å². The van der Waals surface area contributed by atoms with Gasteiger partial charge in [0.2, 0.25) is 0 Å². The lowest BCUT2D eigenvalue weighted by Gasteiger charge is -2.25. The molecule has 0 radical (unpaired) electrons. The Bertz CT molecular complexity index is 357. The van der Waals surface area contributed by atoms with Crippen molar-refractivity contribution in [3.05, 3.63) is 35.4 Å². The van der Waals surface area contributed by atoms with E-state index in [1.807, 2.05) is 0 Å². The lowest BCUT2D eigenvalue weighted by atomic mass is 10.1. The van der Waals surface area contributed by atoms with Gasteiger partial charge < -0.3 is 4.74 Å². The van der Waals surface area contributed by atoms with Crippen molar-refractivity contribution in [2.45, 2.75) is 33.4 Å². The third kappa shape index (κ3) is 4.57. The van der Waals surface area contributed by atoms with Crippen LogP contribution in [0.4, 0.5) is 0 Å². The predicted octanol–water partition coefficient (Wildman–Crippen LogP) is 2.38. The van der Waals surface area contributed by atoms with Gasteiger partial charge >= 0.3 is 5.97 Å². The first kappa shape index (κ1) is 13.7. The number of ether oxygens (including phenoxy) is 1. The maximum Gasteiger partial charge on any atom is 0.319 e. The molecule has 17 heavy (non-hydrogen) atoms. The molecular weight excluding hydrogens is 214 g/mol. The smallest absolute Gasteiger partial charge is 0.319 e. The van der Waals surface area contributed by atoms with Crippen LogP contribution in [0.15, 0.2) is 24.3 Å². The summed E-state index contributed by atoms with van der Waals surface area (Å²) in [5, 5.41) is 0. The number of esters is 1. The second kappa shape index (κ2) is 6.40. The molecule has 0 atom stereocenters. The molecule has 0 aromatic heterocycles. The monoisotopic (exact) mass is 235 g/mol. The second-order valence-electron chi connectivity index (χ2n) is 4.56. The molecule has 0 spiro atoms. The number of nitrogens with zero attached hydrogens (tertiary/aromatic N) is 1. The van der Waals surface area contributed by atoms with Crippen molar-refractivity contribution in [3.63, 3.8) is 0 Å². The summed E-state index contributed by atoms with van der Waals surface area (Å²) >= 11 is 0. The van der Waals surface area contributed by atoms with Crippen LogP contribution in [0.3, 0.4) is 0 Å². The van der Waals surface area contributed by atoms with Crippen LogP contribution in [0.2, 0.25) is 0 Å². The molecule has 94 valence electrons. The number of aryl methyl sites for hydroxylation is 1. The van der Waals surface area contributed by atoms with Crippen LogP contribution in [-0.4, -0.2) is 30.6 Å². The van der Waals surface area contributed by atoms with E-state index in [1.54, 1.807) is 0 Å². The summed E-state index contributed by atoms with van der Waals surface area (Å²) in [6.45, 7) is 7.34. The van der Waals surface area contributed by atoms with E-state index in [2.05, 4.69) is 49.9 Å². The van der Waals surface area contributed by atoms with Crippen LogP contribution in [0.1, 0.15) is 25.0 Å². The average Bonchev–Trinajstić information content (AvgIpc) is 2.30. The van der Waals surface area contributed by atoms with Crippen LogP contribution < -0.4 is 0 Å². The molecular formula is C14H21NO2. The lowest BCUT2D eigenvalue weighted by Crippen LogP contribution is -2.35. The molecule has 0 aliphatic carbocycles. The topological polar surface area (TPSA) is 29.5 Å². The molecule has 0 amide bonds. The SMILES string of the molecule is COC(=O)CN(Cc1ccc(C)cc1)C(C)C. The molecule has 0 saturated heterocycles. The van der Waals surface area contributed by atoms with Gasteiger partial charge in [0.05, 0.1) is 13.7 Å². The van der Waals surface area contributed by atoms with E-state index in [4.69, 9.17) is 4.74 Å². The van der Waals surface area contributed by atoms with Gasteiger partial charge in [-0.05, 0) is 26.3 Å². The van der Waals surface area contributed by atoms with Gasteiger partial charge in [0.25, 0.3) is 0 Å². The molecule has 0 N–H and O–H groups in total. The number of hydrogen-bond acceptors (Lipinski definition) is 3. The Labute approximate surface area is 103 Å². The number of hydrogen-bond donors (Lipinski definition) is 0. The Hall–Kier alpha value is -1.35. The summed E-state index contributed by atoms with van der Waals surface area (Å²) in [7, 11) is 1.42. The van der Waals surface area contributed by atoms with Gasteiger partial charge in [0.1, 0.15) is 0 Å². The van der Waals surface area contributed by atoms with Crippen molar-refractivity contribution in [3.8, 4) is 0 Å². The predicted molar refractivity (Wildman–Crippen MR) is 68.7 cm³/mol. The van der Waals surface area contributed by atoms with Gasteiger partial charge in [0, 0.05) is 12.6 Å². The summed E-state index contributed by atoms with van der Waals surface area (Å²) in [5.41, 5.74) is 2.46. The summed E-state index contributed by atoms with van der Waals surface area (Å²) in [6, 6.07) is 8.69. The third-order valence-corrected chi connectivity index (χ3v) is 2.80. The fourth-order valence-electron chi connectivity index (χ4n) is 1.58. The van der Waals surface area contributed by atoms with E-state index < -0.39 is 0 Å². The van der Waals surface area contributed by atoms with Crippen molar-refractivity contribution >= 4 is 5.97 Å². The molecule has 3 heteroatoms. The fourth-order valence-corrected chi connectivity index (χ4v) is 1.58. The molecule has 0 bridgehead atoms. The number of rotatable bonds is 5. The van der Waals surface area contributed by atoms with E-state index in [-0.39, 0.29) is 5.97 Å². The average molecular weight is 235 g/mol. The highest BCUT2D eigenvalue weighted by atomic mass is 16.5. The molecule has 0 unspecified atom stereocenters. The van der Waals surface area contributed by atoms with Gasteiger partial charge in [-0.3, -0.25) is 9.69 Å². The number of benzene rings is 1. The van der Waals surface area contributed by atoms with Crippen LogP contribution in [0.5, 0.6) is 0 Å². The highest BCUT2D eigenvalue weighted by Gasteiger charge is 2.14. The maximum atomic E-state index is 11.3. The molecule has 1 aromatic rings. The van der Waals surface area contributed by atoms with Crippen molar-refractivity contribution in [1.82, 2.24) is 4.90 Å². The van der Waals surface area contributed by atoms with Crippen molar-refractivity contribution < 1.29 is 9.53 Å². The lowest BCUT2D eigenvalue weighted by molar-refractivity contribution is -0.142. The minimum atomic E-state index is -0.189. The summed E-state index contributed by atoms with van der Waals surface area (Å²) in [5.74, 6) is -0.189. The van der Waals surface area contributed by atoms with Gasteiger partial charge in [-0.15, -0.1) is 0 Å². The first-order valence-electron chi connectivity index (χ1n) is 5.89. The van der Waals surface area contributed by atoms with Crippen molar-refractivity contribution in [2.24, 2.45) is 0 Å². The van der Waals surface area contributed by atoms with Crippen molar-refractivity contribution in [1.29, 1.82) is 0 Å². The van der Waals surface area contributed by atoms with Gasteiger partial charge in [-0.2, -0.15) is 0 Å². The van der Waals surface area contributed by atoms with Crippen LogP contribution in [0.25, 0.3) is 0 Å². The van der Waals surface area contributed by atoms with E-state index in [0.717, 1.165) is 6.54 Å². The molecule has 0 aliphatic rings. The number of carbonyl (C=O) groups is 1. The molecule has 1 aromatic carbocycles. The first-order chi connectivity index (χ1) is 8.02. The highest BCUT2D eigenvalue weighted by Crippen LogP contribution is 2.09. The minimum absolute atomic E-state index is 0.189. The quantitative estimate of drug-likeness (QED) is 0.734. The summed E-state index contributed by atoms with van der Waals surface area (Å²) < 4.78 is 4.71. The zero-order chi connectivity index (χ0) is 12.8. The normalized spacial score (nSPS) is 10.9. The molecule has 0 fully saturated rings. The molecule has 0 saturated carbocycles. The molecule has 1 rings (SSSR count). The van der Waals surface area contributed by atoms with Crippen molar-refractivity contribution in [2.75, 3.05) is 13.7 Å². The zero-order valence-electron chi connectivity index (χ0n) is 11.1. The van der Waals surface area contributed by atoms with Gasteiger partial charge in [0.15, 0.2) is 0 Å². The van der Waals surface area contributed by atoms with Crippen LogP contribution in [0, 0.1) is 6.92 Å². The van der Waals surface area contributed by atoms with E-state index in [1.165, 1.54) is 18.2 Å². The summed E-state index contributed by atoms with van der Waals surface area (Å²) in [4.78, 5) is 13.4. The zero-order valence-corrected chi connectivity index (χ0v) is 11.1. The molecule has 0 heterocycles. The van der Waals surface area contributed by atoms with Gasteiger partial charge in [-0.25, -0.2) is 0 Å². The Balaban J connectivity index is 2.66. The Morgan fingerprint density at radius 1 is 1.29 bits per heavy atom. The largest absolute Gasteiger partial charge is 0.468 e. The van der Waals surface area contributed by atoms with Crippen LogP contribution >= 0.6 is 0 Å². The number of methoxy groups -OCH3 is 1. The summed E-state index contributed by atoms with van der Waals surface area (Å²) in [6.07, 6.45) is 0. The number of carbonyl (C=O) groups excluding carboxylic acids is 1. The second-order valence-corrected chi connectivity index (χ2v) is 4.56. The maximum absolute atomic E-state index is 11.3. The molecule has 3 nitrogen and oxygen atoms in total. The van der Waals surface area contributed by atoms with Gasteiger partial charge in [-0.1, -0.05) is 29.8 Å².